The van der Waals surface area contributed by atoms with E-state index in [1.165, 1.54) is 0 Å². The highest BCUT2D eigenvalue weighted by Crippen LogP contribution is 2.17. The van der Waals surface area contributed by atoms with Crippen LogP contribution < -0.4 is 10.5 Å². The van der Waals surface area contributed by atoms with Crippen molar-refractivity contribution in [1.82, 2.24) is 4.72 Å². The van der Waals surface area contributed by atoms with Crippen molar-refractivity contribution in [3.05, 3.63) is 35.9 Å². The zero-order chi connectivity index (χ0) is 14.5. The van der Waals surface area contributed by atoms with Gasteiger partial charge in [0, 0.05) is 0 Å². The molecule has 1 aromatic rings. The summed E-state index contributed by atoms with van der Waals surface area (Å²) >= 11 is 0. The molecule has 1 unspecified atom stereocenters. The molecule has 19 heavy (non-hydrogen) atoms. The van der Waals surface area contributed by atoms with Gasteiger partial charge in [0.05, 0.1) is 18.8 Å². The second-order valence-electron chi connectivity index (χ2n) is 4.47. The van der Waals surface area contributed by atoms with Gasteiger partial charge >= 0.3 is 0 Å². The molecule has 0 fully saturated rings. The lowest BCUT2D eigenvalue weighted by Gasteiger charge is -2.17. The van der Waals surface area contributed by atoms with E-state index in [2.05, 4.69) is 0 Å². The Labute approximate surface area is 112 Å². The van der Waals surface area contributed by atoms with Crippen LogP contribution in [0.2, 0.25) is 0 Å². The summed E-state index contributed by atoms with van der Waals surface area (Å²) in [7, 11) is -3.76. The standard InChI is InChI=1S/C12H18F2N2O2S/c1-10(11-5-3-2-4-6-11)7-19(17,18)16-9-12(13,14)8-15/h2-6,10,16H,7-9,15H2,1H3. The van der Waals surface area contributed by atoms with Crippen LogP contribution in [0.15, 0.2) is 30.3 Å². The van der Waals surface area contributed by atoms with Crippen LogP contribution in [-0.2, 0) is 10.0 Å². The van der Waals surface area contributed by atoms with E-state index in [0.717, 1.165) is 5.56 Å². The Morgan fingerprint density at radius 3 is 2.42 bits per heavy atom. The summed E-state index contributed by atoms with van der Waals surface area (Å²) < 4.78 is 51.1. The van der Waals surface area contributed by atoms with Gasteiger partial charge in [-0.2, -0.15) is 0 Å². The van der Waals surface area contributed by atoms with Crippen LogP contribution >= 0.6 is 0 Å². The average Bonchev–Trinajstić information content (AvgIpc) is 2.37. The maximum atomic E-state index is 12.9. The Morgan fingerprint density at radius 1 is 1.32 bits per heavy atom. The molecule has 1 rings (SSSR count). The van der Waals surface area contributed by atoms with E-state index >= 15 is 0 Å². The van der Waals surface area contributed by atoms with Gasteiger partial charge in [-0.05, 0) is 11.5 Å². The van der Waals surface area contributed by atoms with Crippen molar-refractivity contribution >= 4 is 10.0 Å². The number of hydrogen-bond donors (Lipinski definition) is 2. The fourth-order valence-corrected chi connectivity index (χ4v) is 2.95. The molecule has 0 saturated heterocycles. The number of benzene rings is 1. The molecule has 1 atom stereocenters. The fourth-order valence-electron chi connectivity index (χ4n) is 1.55. The summed E-state index contributed by atoms with van der Waals surface area (Å²) in [5.41, 5.74) is 5.69. The van der Waals surface area contributed by atoms with Crippen LogP contribution in [0.25, 0.3) is 0 Å². The van der Waals surface area contributed by atoms with E-state index in [4.69, 9.17) is 5.73 Å². The van der Waals surface area contributed by atoms with Crippen LogP contribution in [0.1, 0.15) is 18.4 Å². The maximum absolute atomic E-state index is 12.9. The van der Waals surface area contributed by atoms with Crippen molar-refractivity contribution in [2.24, 2.45) is 5.73 Å². The second kappa shape index (κ2) is 6.40. The Kier molecular flexibility index (Phi) is 5.39. The lowest BCUT2D eigenvalue weighted by molar-refractivity contribution is 0.0170. The first-order valence-corrected chi connectivity index (χ1v) is 7.51. The van der Waals surface area contributed by atoms with E-state index in [-0.39, 0.29) is 11.7 Å². The molecule has 0 aromatic heterocycles. The Balaban J connectivity index is 2.60. The van der Waals surface area contributed by atoms with E-state index < -0.39 is 29.0 Å². The Hall–Kier alpha value is -1.05. The smallest absolute Gasteiger partial charge is 0.273 e. The van der Waals surface area contributed by atoms with Gasteiger partial charge in [0.25, 0.3) is 5.92 Å². The molecular formula is C12H18F2N2O2S. The first kappa shape index (κ1) is 16.0. The molecule has 3 N–H and O–H groups in total. The van der Waals surface area contributed by atoms with Crippen LogP contribution in [0.5, 0.6) is 0 Å². The third-order valence-electron chi connectivity index (χ3n) is 2.69. The predicted molar refractivity (Wildman–Crippen MR) is 70.6 cm³/mol. The molecule has 0 radical (unpaired) electrons. The van der Waals surface area contributed by atoms with Gasteiger partial charge < -0.3 is 5.73 Å². The molecule has 0 spiro atoms. The summed E-state index contributed by atoms with van der Waals surface area (Å²) in [6.07, 6.45) is 0. The topological polar surface area (TPSA) is 72.2 Å². The van der Waals surface area contributed by atoms with Crippen molar-refractivity contribution in [3.63, 3.8) is 0 Å². The molecule has 0 aliphatic heterocycles. The third kappa shape index (κ3) is 5.63. The van der Waals surface area contributed by atoms with Crippen molar-refractivity contribution < 1.29 is 17.2 Å². The van der Waals surface area contributed by atoms with Crippen LogP contribution in [0.3, 0.4) is 0 Å². The van der Waals surface area contributed by atoms with Crippen molar-refractivity contribution in [1.29, 1.82) is 0 Å². The number of nitrogens with two attached hydrogens (primary N) is 1. The van der Waals surface area contributed by atoms with Gasteiger partial charge in [-0.1, -0.05) is 37.3 Å². The van der Waals surface area contributed by atoms with Crippen LogP contribution in [0, 0.1) is 0 Å². The first-order valence-electron chi connectivity index (χ1n) is 5.86. The fraction of sp³-hybridized carbons (Fsp3) is 0.500. The molecule has 0 saturated carbocycles. The minimum atomic E-state index is -3.76. The van der Waals surface area contributed by atoms with Gasteiger partial charge in [-0.15, -0.1) is 0 Å². The number of halogens is 2. The first-order chi connectivity index (χ1) is 8.76. The highest BCUT2D eigenvalue weighted by Gasteiger charge is 2.29. The average molecular weight is 292 g/mol. The summed E-state index contributed by atoms with van der Waals surface area (Å²) in [4.78, 5) is 0. The minimum Gasteiger partial charge on any atom is -0.325 e. The van der Waals surface area contributed by atoms with E-state index in [1.54, 1.807) is 31.2 Å². The van der Waals surface area contributed by atoms with Crippen LogP contribution in [-0.4, -0.2) is 33.2 Å². The predicted octanol–water partition coefficient (Wildman–Crippen LogP) is 1.30. The SMILES string of the molecule is CC(CS(=O)(=O)NCC(F)(F)CN)c1ccccc1. The lowest BCUT2D eigenvalue weighted by atomic mass is 10.0. The highest BCUT2D eigenvalue weighted by molar-refractivity contribution is 7.89. The molecule has 0 heterocycles. The van der Waals surface area contributed by atoms with E-state index in [9.17, 15) is 17.2 Å². The second-order valence-corrected chi connectivity index (χ2v) is 6.33. The van der Waals surface area contributed by atoms with Gasteiger partial charge in [0.1, 0.15) is 0 Å². The molecule has 108 valence electrons. The van der Waals surface area contributed by atoms with Gasteiger partial charge in [0.15, 0.2) is 0 Å². The number of hydrogen-bond acceptors (Lipinski definition) is 3. The van der Waals surface area contributed by atoms with Crippen LogP contribution in [0.4, 0.5) is 8.78 Å². The van der Waals surface area contributed by atoms with Gasteiger partial charge in [0.2, 0.25) is 10.0 Å². The lowest BCUT2D eigenvalue weighted by Crippen LogP contribution is -2.42. The molecule has 0 bridgehead atoms. The quantitative estimate of drug-likeness (QED) is 0.796. The summed E-state index contributed by atoms with van der Waals surface area (Å²) in [5, 5.41) is 0. The van der Waals surface area contributed by atoms with E-state index in [0.29, 0.717) is 0 Å². The largest absolute Gasteiger partial charge is 0.325 e. The number of sulfonamides is 1. The molecule has 0 aliphatic carbocycles. The molecule has 0 aliphatic rings. The van der Waals surface area contributed by atoms with E-state index in [1.807, 2.05) is 10.8 Å². The summed E-state index contributed by atoms with van der Waals surface area (Å²) in [6.45, 7) is -0.118. The maximum Gasteiger partial charge on any atom is 0.273 e. The highest BCUT2D eigenvalue weighted by atomic mass is 32.2. The minimum absolute atomic E-state index is 0.238. The summed E-state index contributed by atoms with van der Waals surface area (Å²) in [6, 6.07) is 9.02. The number of alkyl halides is 2. The molecule has 0 amide bonds. The zero-order valence-electron chi connectivity index (χ0n) is 10.6. The zero-order valence-corrected chi connectivity index (χ0v) is 11.5. The van der Waals surface area contributed by atoms with Gasteiger partial charge in [-0.3, -0.25) is 0 Å². The Bertz CT molecular complexity index is 492. The molecule has 1 aromatic carbocycles. The van der Waals surface area contributed by atoms with Gasteiger partial charge in [-0.25, -0.2) is 21.9 Å². The molecule has 7 heteroatoms. The Morgan fingerprint density at radius 2 is 1.89 bits per heavy atom. The molecular weight excluding hydrogens is 274 g/mol. The third-order valence-corrected chi connectivity index (χ3v) is 4.21. The van der Waals surface area contributed by atoms with Crippen molar-refractivity contribution in [2.45, 2.75) is 18.8 Å². The monoisotopic (exact) mass is 292 g/mol. The number of nitrogens with one attached hydrogen (secondary N) is 1. The van der Waals surface area contributed by atoms with Crippen molar-refractivity contribution in [2.75, 3.05) is 18.8 Å². The summed E-state index contributed by atoms with van der Waals surface area (Å²) in [5.74, 6) is -3.73. The van der Waals surface area contributed by atoms with Crippen molar-refractivity contribution in [3.8, 4) is 0 Å². The molecule has 4 nitrogen and oxygen atoms in total. The number of rotatable bonds is 7. The normalized spacial score (nSPS) is 14.3.